The molecule has 0 spiro atoms. The zero-order valence-corrected chi connectivity index (χ0v) is 19.8. The Hall–Kier alpha value is -1.34. The molecule has 11 heteroatoms. The molecule has 0 radical (unpaired) electrons. The first-order valence-electron chi connectivity index (χ1n) is 9.11. The third-order valence-corrected chi connectivity index (χ3v) is 6.44. The standard InChI is InChI=1S/C17H29N5O4S.HI/c1-4-27(24,25)20(3)9-6-8-19-17(18-2)22-12-10-21(11-13-22)16(23)15-7-5-14-26-15;/h5,7,14H,4,6,8-13H2,1-3H3,(H,18,19);1H. The molecule has 28 heavy (non-hydrogen) atoms. The SMILES string of the molecule is CCS(=O)(=O)N(C)CCCNC(=NC)N1CCN(C(=O)c2ccco2)CC1.I. The molecule has 1 fully saturated rings. The number of nitrogens with one attached hydrogen (secondary N) is 1. The lowest BCUT2D eigenvalue weighted by Crippen LogP contribution is -2.54. The van der Waals surface area contributed by atoms with E-state index in [2.05, 4.69) is 15.2 Å². The van der Waals surface area contributed by atoms with Crippen LogP contribution in [-0.2, 0) is 10.0 Å². The number of sulfonamides is 1. The van der Waals surface area contributed by atoms with Gasteiger partial charge in [-0.3, -0.25) is 9.79 Å². The summed E-state index contributed by atoms with van der Waals surface area (Å²) in [7, 11) is 0.181. The van der Waals surface area contributed by atoms with Gasteiger partial charge in [-0.1, -0.05) is 0 Å². The third-order valence-electron chi connectivity index (χ3n) is 4.58. The lowest BCUT2D eigenvalue weighted by Gasteiger charge is -2.36. The van der Waals surface area contributed by atoms with Crippen molar-refractivity contribution in [3.8, 4) is 0 Å². The lowest BCUT2D eigenvalue weighted by molar-refractivity contribution is 0.0657. The highest BCUT2D eigenvalue weighted by Gasteiger charge is 2.25. The molecule has 1 amide bonds. The number of guanidine groups is 1. The first kappa shape index (κ1) is 24.7. The second-order valence-corrected chi connectivity index (χ2v) is 8.67. The smallest absolute Gasteiger partial charge is 0.289 e. The van der Waals surface area contributed by atoms with Crippen LogP contribution in [0.15, 0.2) is 27.8 Å². The molecule has 1 aromatic heterocycles. The van der Waals surface area contributed by atoms with Crippen LogP contribution in [-0.4, -0.2) is 93.5 Å². The van der Waals surface area contributed by atoms with Crippen molar-refractivity contribution in [2.75, 3.05) is 59.1 Å². The normalized spacial score (nSPS) is 15.5. The van der Waals surface area contributed by atoms with E-state index in [-0.39, 0.29) is 35.6 Å². The molecule has 1 aliphatic heterocycles. The van der Waals surface area contributed by atoms with Gasteiger partial charge >= 0.3 is 0 Å². The van der Waals surface area contributed by atoms with E-state index in [1.165, 1.54) is 10.6 Å². The van der Waals surface area contributed by atoms with Crippen molar-refractivity contribution in [2.45, 2.75) is 13.3 Å². The maximum Gasteiger partial charge on any atom is 0.289 e. The Morgan fingerprint density at radius 2 is 1.93 bits per heavy atom. The second-order valence-electron chi connectivity index (χ2n) is 6.31. The van der Waals surface area contributed by atoms with E-state index in [1.807, 2.05) is 0 Å². The zero-order chi connectivity index (χ0) is 19.9. The van der Waals surface area contributed by atoms with Gasteiger partial charge in [0.05, 0.1) is 12.0 Å². The molecule has 9 nitrogen and oxygen atoms in total. The lowest BCUT2D eigenvalue weighted by atomic mass is 10.3. The summed E-state index contributed by atoms with van der Waals surface area (Å²) in [4.78, 5) is 20.5. The number of rotatable bonds is 7. The van der Waals surface area contributed by atoms with Crippen molar-refractivity contribution in [1.82, 2.24) is 19.4 Å². The van der Waals surface area contributed by atoms with Crippen LogP contribution in [0.2, 0.25) is 0 Å². The number of hydrogen-bond acceptors (Lipinski definition) is 5. The molecule has 160 valence electrons. The van der Waals surface area contributed by atoms with Gasteiger partial charge in [0.25, 0.3) is 5.91 Å². The Morgan fingerprint density at radius 3 is 2.46 bits per heavy atom. The van der Waals surface area contributed by atoms with Crippen molar-refractivity contribution in [3.63, 3.8) is 0 Å². The number of aliphatic imine (C=N–C) groups is 1. The van der Waals surface area contributed by atoms with Crippen LogP contribution in [0.1, 0.15) is 23.9 Å². The van der Waals surface area contributed by atoms with Crippen LogP contribution in [0.25, 0.3) is 0 Å². The van der Waals surface area contributed by atoms with E-state index in [4.69, 9.17) is 4.42 Å². The summed E-state index contributed by atoms with van der Waals surface area (Å²) in [5.41, 5.74) is 0. The van der Waals surface area contributed by atoms with Crippen molar-refractivity contribution < 1.29 is 17.6 Å². The predicted octanol–water partition coefficient (Wildman–Crippen LogP) is 0.902. The average Bonchev–Trinajstić information content (AvgIpc) is 3.22. The van der Waals surface area contributed by atoms with Crippen molar-refractivity contribution in [3.05, 3.63) is 24.2 Å². The van der Waals surface area contributed by atoms with Gasteiger partial charge < -0.3 is 19.5 Å². The highest BCUT2D eigenvalue weighted by molar-refractivity contribution is 14.0. The summed E-state index contributed by atoms with van der Waals surface area (Å²) in [6.07, 6.45) is 2.18. The van der Waals surface area contributed by atoms with Gasteiger partial charge in [0.1, 0.15) is 0 Å². The fourth-order valence-electron chi connectivity index (χ4n) is 2.87. The molecule has 0 atom stereocenters. The molecular weight excluding hydrogens is 497 g/mol. The fourth-order valence-corrected chi connectivity index (χ4v) is 3.72. The number of nitrogens with zero attached hydrogens (tertiary/aromatic N) is 4. The molecule has 0 saturated carbocycles. The van der Waals surface area contributed by atoms with Crippen molar-refractivity contribution >= 4 is 45.9 Å². The van der Waals surface area contributed by atoms with Crippen LogP contribution >= 0.6 is 24.0 Å². The van der Waals surface area contributed by atoms with Gasteiger partial charge in [0.15, 0.2) is 11.7 Å². The van der Waals surface area contributed by atoms with Gasteiger partial charge in [-0.05, 0) is 25.5 Å². The minimum Gasteiger partial charge on any atom is -0.459 e. The number of hydrogen-bond donors (Lipinski definition) is 1. The molecule has 2 rings (SSSR count). The third kappa shape index (κ3) is 6.62. The van der Waals surface area contributed by atoms with E-state index in [0.717, 1.165) is 5.96 Å². The summed E-state index contributed by atoms with van der Waals surface area (Å²) in [6, 6.07) is 3.38. The molecule has 0 aromatic carbocycles. The number of carbonyl (C=O) groups excluding carboxylic acids is 1. The number of amides is 1. The van der Waals surface area contributed by atoms with Crippen molar-refractivity contribution in [2.24, 2.45) is 4.99 Å². The topological polar surface area (TPSA) is 98.5 Å². The van der Waals surface area contributed by atoms with Gasteiger partial charge in [0, 0.05) is 53.4 Å². The van der Waals surface area contributed by atoms with Crippen molar-refractivity contribution in [1.29, 1.82) is 0 Å². The van der Waals surface area contributed by atoms with E-state index >= 15 is 0 Å². The summed E-state index contributed by atoms with van der Waals surface area (Å²) < 4.78 is 30.0. The largest absolute Gasteiger partial charge is 0.459 e. The monoisotopic (exact) mass is 527 g/mol. The number of furan rings is 1. The average molecular weight is 527 g/mol. The van der Waals surface area contributed by atoms with E-state index in [0.29, 0.717) is 51.4 Å². The number of halogens is 1. The number of piperazine rings is 1. The Morgan fingerprint density at radius 1 is 1.29 bits per heavy atom. The van der Waals surface area contributed by atoms with Crippen LogP contribution in [0.5, 0.6) is 0 Å². The summed E-state index contributed by atoms with van der Waals surface area (Å²) in [5, 5.41) is 3.27. The Kier molecular flexibility index (Phi) is 10.2. The maximum atomic E-state index is 12.3. The predicted molar refractivity (Wildman–Crippen MR) is 120 cm³/mol. The van der Waals surface area contributed by atoms with E-state index in [9.17, 15) is 13.2 Å². The Bertz CT molecular complexity index is 731. The fraction of sp³-hybridized carbons (Fsp3) is 0.647. The molecule has 0 aliphatic carbocycles. The Labute approximate surface area is 184 Å². The first-order valence-corrected chi connectivity index (χ1v) is 10.7. The molecular formula is C17H30IN5O4S. The van der Waals surface area contributed by atoms with E-state index in [1.54, 1.807) is 38.1 Å². The highest BCUT2D eigenvalue weighted by Crippen LogP contribution is 2.09. The molecule has 1 N–H and O–H groups in total. The van der Waals surface area contributed by atoms with Crippen LogP contribution in [0, 0.1) is 0 Å². The van der Waals surface area contributed by atoms with Gasteiger partial charge in [0.2, 0.25) is 10.0 Å². The minimum absolute atomic E-state index is 0. The second kappa shape index (κ2) is 11.6. The summed E-state index contributed by atoms with van der Waals surface area (Å²) in [6.45, 7) is 5.28. The Balaban J connectivity index is 0.00000392. The highest BCUT2D eigenvalue weighted by atomic mass is 127. The number of carbonyl (C=O) groups is 1. The molecule has 2 heterocycles. The van der Waals surface area contributed by atoms with Crippen LogP contribution in [0.4, 0.5) is 0 Å². The first-order chi connectivity index (χ1) is 12.9. The quantitative estimate of drug-likeness (QED) is 0.245. The van der Waals surface area contributed by atoms with E-state index < -0.39 is 10.0 Å². The molecule has 0 unspecified atom stereocenters. The van der Waals surface area contributed by atoms with Gasteiger partial charge in [-0.25, -0.2) is 12.7 Å². The van der Waals surface area contributed by atoms with Gasteiger partial charge in [-0.2, -0.15) is 0 Å². The summed E-state index contributed by atoms with van der Waals surface area (Å²) in [5.74, 6) is 1.14. The maximum absolute atomic E-state index is 12.3. The van der Waals surface area contributed by atoms with Crippen LogP contribution in [0.3, 0.4) is 0 Å². The van der Waals surface area contributed by atoms with Gasteiger partial charge in [-0.15, -0.1) is 24.0 Å². The molecule has 1 aliphatic rings. The summed E-state index contributed by atoms with van der Waals surface area (Å²) >= 11 is 0. The zero-order valence-electron chi connectivity index (χ0n) is 16.6. The van der Waals surface area contributed by atoms with Crippen LogP contribution < -0.4 is 5.32 Å². The molecule has 0 bridgehead atoms. The molecule has 1 saturated heterocycles. The molecule has 1 aromatic rings. The minimum atomic E-state index is -3.14.